The van der Waals surface area contributed by atoms with Gasteiger partial charge in [-0.3, -0.25) is 0 Å². The number of halogens is 3. The molecule has 0 aliphatic heterocycles. The number of hydrogen-bond acceptors (Lipinski definition) is 4. The van der Waals surface area contributed by atoms with Gasteiger partial charge in [-0.2, -0.15) is 18.2 Å². The van der Waals surface area contributed by atoms with Crippen molar-refractivity contribution in [1.29, 1.82) is 0 Å². The maximum atomic E-state index is 12.6. The van der Waals surface area contributed by atoms with Crippen molar-refractivity contribution in [2.75, 3.05) is 19.0 Å². The first-order valence-corrected chi connectivity index (χ1v) is 5.59. The molecule has 1 aromatic rings. The predicted octanol–water partition coefficient (Wildman–Crippen LogP) is 2.96. The Balaban J connectivity index is 2.84. The molecule has 1 aromatic heterocycles. The summed E-state index contributed by atoms with van der Waals surface area (Å²) in [7, 11) is 1.45. The molecule has 0 amide bonds. The molecule has 0 bridgehead atoms. The first-order valence-electron chi connectivity index (χ1n) is 5.59. The van der Waals surface area contributed by atoms with Crippen molar-refractivity contribution in [3.8, 4) is 5.88 Å². The Kier molecular flexibility index (Phi) is 4.75. The van der Waals surface area contributed by atoms with Gasteiger partial charge in [0.05, 0.1) is 6.61 Å². The zero-order chi connectivity index (χ0) is 13.8. The van der Waals surface area contributed by atoms with Crippen LogP contribution in [-0.4, -0.2) is 23.6 Å². The van der Waals surface area contributed by atoms with Crippen molar-refractivity contribution in [3.05, 3.63) is 11.8 Å². The largest absolute Gasteiger partial charge is 0.478 e. The second kappa shape index (κ2) is 5.88. The van der Waals surface area contributed by atoms with Crippen molar-refractivity contribution in [2.45, 2.75) is 26.4 Å². The molecule has 102 valence electrons. The lowest BCUT2D eigenvalue weighted by Gasteiger charge is -2.11. The van der Waals surface area contributed by atoms with Gasteiger partial charge in [0, 0.05) is 13.1 Å². The third kappa shape index (κ3) is 4.38. The normalized spacial score (nSPS) is 11.7. The summed E-state index contributed by atoms with van der Waals surface area (Å²) in [6.45, 7) is 4.34. The molecule has 1 N–H and O–H groups in total. The fourth-order valence-corrected chi connectivity index (χ4v) is 1.16. The molecule has 0 aliphatic rings. The Labute approximate surface area is 104 Å². The number of anilines is 1. The van der Waals surface area contributed by atoms with E-state index >= 15 is 0 Å². The molecule has 1 heterocycles. The van der Waals surface area contributed by atoms with Crippen LogP contribution in [0.4, 0.5) is 19.1 Å². The van der Waals surface area contributed by atoms with Crippen LogP contribution in [0, 0.1) is 5.92 Å². The number of ether oxygens (including phenoxy) is 1. The summed E-state index contributed by atoms with van der Waals surface area (Å²) in [5, 5.41) is 2.48. The third-order valence-corrected chi connectivity index (χ3v) is 2.16. The molecule has 0 saturated heterocycles. The maximum Gasteiger partial charge on any atom is 0.433 e. The summed E-state index contributed by atoms with van der Waals surface area (Å²) < 4.78 is 42.9. The fraction of sp³-hybridized carbons (Fsp3) is 0.636. The zero-order valence-corrected chi connectivity index (χ0v) is 10.5. The Morgan fingerprint density at radius 2 is 2.00 bits per heavy atom. The van der Waals surface area contributed by atoms with E-state index in [-0.39, 0.29) is 11.8 Å². The number of alkyl halides is 3. The molecule has 0 aromatic carbocycles. The van der Waals surface area contributed by atoms with Gasteiger partial charge < -0.3 is 10.1 Å². The maximum absolute atomic E-state index is 12.6. The van der Waals surface area contributed by atoms with Gasteiger partial charge in [0.15, 0.2) is 5.69 Å². The first kappa shape index (κ1) is 14.5. The van der Waals surface area contributed by atoms with E-state index in [4.69, 9.17) is 4.74 Å². The lowest BCUT2D eigenvalue weighted by molar-refractivity contribution is -0.141. The van der Waals surface area contributed by atoms with Gasteiger partial charge in [-0.05, 0) is 12.3 Å². The molecule has 18 heavy (non-hydrogen) atoms. The molecule has 0 spiro atoms. The summed E-state index contributed by atoms with van der Waals surface area (Å²) in [6, 6.07) is 0.807. The van der Waals surface area contributed by atoms with Crippen molar-refractivity contribution in [3.63, 3.8) is 0 Å². The third-order valence-electron chi connectivity index (χ3n) is 2.16. The van der Waals surface area contributed by atoms with E-state index in [1.165, 1.54) is 7.05 Å². The molecule has 7 heteroatoms. The summed E-state index contributed by atoms with van der Waals surface area (Å²) in [5.74, 6) is 0.240. The lowest BCUT2D eigenvalue weighted by atomic mass is 10.1. The Morgan fingerprint density at radius 3 is 2.50 bits per heavy atom. The number of aromatic nitrogens is 2. The smallest absolute Gasteiger partial charge is 0.433 e. The van der Waals surface area contributed by atoms with Gasteiger partial charge in [-0.1, -0.05) is 13.8 Å². The second-order valence-electron chi connectivity index (χ2n) is 4.19. The van der Waals surface area contributed by atoms with Crippen molar-refractivity contribution >= 4 is 5.95 Å². The number of nitrogens with zero attached hydrogens (tertiary/aromatic N) is 2. The van der Waals surface area contributed by atoms with Gasteiger partial charge in [-0.25, -0.2) is 4.98 Å². The lowest BCUT2D eigenvalue weighted by Crippen LogP contribution is -2.12. The molecule has 0 unspecified atom stereocenters. The van der Waals surface area contributed by atoms with E-state index < -0.39 is 11.9 Å². The topological polar surface area (TPSA) is 47.0 Å². The molecule has 0 atom stereocenters. The SMILES string of the molecule is CNc1nc(OCCC(C)C)cc(C(F)(F)F)n1. The molecule has 0 aliphatic carbocycles. The van der Waals surface area contributed by atoms with Gasteiger partial charge in [0.1, 0.15) is 0 Å². The van der Waals surface area contributed by atoms with Crippen LogP contribution in [0.2, 0.25) is 0 Å². The van der Waals surface area contributed by atoms with Gasteiger partial charge in [-0.15, -0.1) is 0 Å². The molecule has 0 radical (unpaired) electrons. The first-order chi connectivity index (χ1) is 8.32. The van der Waals surface area contributed by atoms with E-state index in [0.29, 0.717) is 12.5 Å². The molecular weight excluding hydrogens is 247 g/mol. The van der Waals surface area contributed by atoms with Crippen LogP contribution in [-0.2, 0) is 6.18 Å². The highest BCUT2D eigenvalue weighted by Gasteiger charge is 2.33. The van der Waals surface area contributed by atoms with Crippen LogP contribution < -0.4 is 10.1 Å². The van der Waals surface area contributed by atoms with E-state index in [2.05, 4.69) is 15.3 Å². The summed E-state index contributed by atoms with van der Waals surface area (Å²) in [5.41, 5.74) is -1.01. The van der Waals surface area contributed by atoms with E-state index in [9.17, 15) is 13.2 Å². The van der Waals surface area contributed by atoms with Crippen molar-refractivity contribution in [2.24, 2.45) is 5.92 Å². The summed E-state index contributed by atoms with van der Waals surface area (Å²) in [4.78, 5) is 7.16. The van der Waals surface area contributed by atoms with Crippen molar-refractivity contribution < 1.29 is 17.9 Å². The second-order valence-corrected chi connectivity index (χ2v) is 4.19. The minimum atomic E-state index is -4.51. The van der Waals surface area contributed by atoms with Crippen LogP contribution in [0.25, 0.3) is 0 Å². The highest BCUT2D eigenvalue weighted by Crippen LogP contribution is 2.30. The number of hydrogen-bond donors (Lipinski definition) is 1. The van der Waals surface area contributed by atoms with Crippen LogP contribution in [0.1, 0.15) is 26.0 Å². The minimum absolute atomic E-state index is 0.0673. The summed E-state index contributed by atoms with van der Waals surface area (Å²) in [6.07, 6.45) is -3.76. The Morgan fingerprint density at radius 1 is 1.33 bits per heavy atom. The summed E-state index contributed by atoms with van der Waals surface area (Å²) >= 11 is 0. The van der Waals surface area contributed by atoms with Crippen LogP contribution >= 0.6 is 0 Å². The monoisotopic (exact) mass is 263 g/mol. The van der Waals surface area contributed by atoms with Gasteiger partial charge in [0.25, 0.3) is 0 Å². The number of nitrogens with one attached hydrogen (secondary N) is 1. The highest BCUT2D eigenvalue weighted by atomic mass is 19.4. The van der Waals surface area contributed by atoms with Crippen LogP contribution in [0.5, 0.6) is 5.88 Å². The standard InChI is InChI=1S/C11H16F3N3O/c1-7(2)4-5-18-9-6-8(11(12,13)14)16-10(15-3)17-9/h6-7H,4-5H2,1-3H3,(H,15,16,17). The minimum Gasteiger partial charge on any atom is -0.478 e. The molecule has 0 fully saturated rings. The highest BCUT2D eigenvalue weighted by molar-refractivity contribution is 5.31. The van der Waals surface area contributed by atoms with Crippen molar-refractivity contribution in [1.82, 2.24) is 9.97 Å². The number of rotatable bonds is 5. The average Bonchev–Trinajstić information content (AvgIpc) is 2.27. The zero-order valence-electron chi connectivity index (χ0n) is 10.5. The van der Waals surface area contributed by atoms with E-state index in [1.807, 2.05) is 13.8 Å². The Hall–Kier alpha value is -1.53. The van der Waals surface area contributed by atoms with E-state index in [1.54, 1.807) is 0 Å². The Bertz CT molecular complexity index is 394. The van der Waals surface area contributed by atoms with E-state index in [0.717, 1.165) is 12.5 Å². The average molecular weight is 263 g/mol. The molecule has 4 nitrogen and oxygen atoms in total. The molecule has 0 saturated carbocycles. The molecule has 1 rings (SSSR count). The van der Waals surface area contributed by atoms with Crippen LogP contribution in [0.3, 0.4) is 0 Å². The van der Waals surface area contributed by atoms with Gasteiger partial charge >= 0.3 is 6.18 Å². The fourth-order valence-electron chi connectivity index (χ4n) is 1.16. The quantitative estimate of drug-likeness (QED) is 0.887. The van der Waals surface area contributed by atoms with Gasteiger partial charge in [0.2, 0.25) is 11.8 Å². The molecular formula is C11H16F3N3O. The van der Waals surface area contributed by atoms with Crippen LogP contribution in [0.15, 0.2) is 6.07 Å². The predicted molar refractivity (Wildman–Crippen MR) is 61.5 cm³/mol.